The van der Waals surface area contributed by atoms with Crippen LogP contribution in [-0.4, -0.2) is 18.5 Å². The van der Waals surface area contributed by atoms with E-state index in [1.54, 1.807) is 0 Å². The molecular weight excluding hydrogens is 236 g/mol. The maximum absolute atomic E-state index is 12.5. The Balaban J connectivity index is 2.14. The molecule has 1 aromatic rings. The Morgan fingerprint density at radius 1 is 1.37 bits per heavy atom. The van der Waals surface area contributed by atoms with Gasteiger partial charge in [-0.2, -0.15) is 0 Å². The van der Waals surface area contributed by atoms with E-state index in [1.165, 1.54) is 5.56 Å². The van der Waals surface area contributed by atoms with Gasteiger partial charge in [-0.25, -0.2) is 0 Å². The number of carbonyl (C=O) groups excluding carboxylic acids is 1. The van der Waals surface area contributed by atoms with Crippen molar-refractivity contribution in [3.63, 3.8) is 0 Å². The Bertz CT molecular complexity index is 480. The predicted octanol–water partition coefficient (Wildman–Crippen LogP) is 3.02. The lowest BCUT2D eigenvalue weighted by molar-refractivity contribution is -0.121. The molecule has 1 aliphatic rings. The standard InChI is InChI=1S/C16H24N2O/c1-11-7-5-8-13(12(11)2)18-15(19)14-16(3,4)9-6-10-17-14/h5,7-8,14,17H,6,9-10H2,1-4H3,(H,18,19). The fourth-order valence-electron chi connectivity index (χ4n) is 2.75. The summed E-state index contributed by atoms with van der Waals surface area (Å²) in [5.74, 6) is 0.0819. The molecule has 3 heteroatoms. The smallest absolute Gasteiger partial charge is 0.242 e. The zero-order valence-corrected chi connectivity index (χ0v) is 12.3. The van der Waals surface area contributed by atoms with Gasteiger partial charge in [0.15, 0.2) is 0 Å². The molecule has 1 amide bonds. The maximum Gasteiger partial charge on any atom is 0.242 e. The van der Waals surface area contributed by atoms with Crippen LogP contribution < -0.4 is 10.6 Å². The van der Waals surface area contributed by atoms with Crippen molar-refractivity contribution in [2.75, 3.05) is 11.9 Å². The molecule has 1 atom stereocenters. The van der Waals surface area contributed by atoms with Gasteiger partial charge in [-0.15, -0.1) is 0 Å². The molecule has 0 saturated carbocycles. The first-order chi connectivity index (χ1) is 8.92. The van der Waals surface area contributed by atoms with Crippen molar-refractivity contribution in [2.24, 2.45) is 5.41 Å². The summed E-state index contributed by atoms with van der Waals surface area (Å²) in [6.45, 7) is 9.35. The van der Waals surface area contributed by atoms with Crippen LogP contribution in [0.15, 0.2) is 18.2 Å². The molecule has 1 saturated heterocycles. The lowest BCUT2D eigenvalue weighted by atomic mass is 9.77. The number of nitrogens with one attached hydrogen (secondary N) is 2. The van der Waals surface area contributed by atoms with Crippen molar-refractivity contribution < 1.29 is 4.79 Å². The van der Waals surface area contributed by atoms with Gasteiger partial charge in [0.2, 0.25) is 5.91 Å². The zero-order chi connectivity index (χ0) is 14.0. The summed E-state index contributed by atoms with van der Waals surface area (Å²) in [4.78, 5) is 12.5. The topological polar surface area (TPSA) is 41.1 Å². The van der Waals surface area contributed by atoms with Gasteiger partial charge in [0.1, 0.15) is 0 Å². The normalized spacial score (nSPS) is 22.0. The average Bonchev–Trinajstić information content (AvgIpc) is 2.34. The second-order valence-electron chi connectivity index (χ2n) is 6.22. The van der Waals surface area contributed by atoms with E-state index in [2.05, 4.69) is 37.5 Å². The van der Waals surface area contributed by atoms with Gasteiger partial charge in [0.05, 0.1) is 6.04 Å². The van der Waals surface area contributed by atoms with Gasteiger partial charge in [-0.1, -0.05) is 26.0 Å². The van der Waals surface area contributed by atoms with Crippen molar-refractivity contribution in [2.45, 2.75) is 46.6 Å². The minimum Gasteiger partial charge on any atom is -0.324 e. The van der Waals surface area contributed by atoms with Gasteiger partial charge < -0.3 is 10.6 Å². The van der Waals surface area contributed by atoms with Gasteiger partial charge in [-0.3, -0.25) is 4.79 Å². The first-order valence-electron chi connectivity index (χ1n) is 7.02. The van der Waals surface area contributed by atoms with E-state index in [-0.39, 0.29) is 17.4 Å². The zero-order valence-electron chi connectivity index (χ0n) is 12.3. The predicted molar refractivity (Wildman–Crippen MR) is 79.4 cm³/mol. The second-order valence-corrected chi connectivity index (χ2v) is 6.22. The van der Waals surface area contributed by atoms with Crippen molar-refractivity contribution in [1.82, 2.24) is 5.32 Å². The quantitative estimate of drug-likeness (QED) is 0.858. The Kier molecular flexibility index (Phi) is 3.95. The fourth-order valence-corrected chi connectivity index (χ4v) is 2.75. The molecular formula is C16H24N2O. The summed E-state index contributed by atoms with van der Waals surface area (Å²) in [7, 11) is 0. The Hall–Kier alpha value is -1.35. The summed E-state index contributed by atoms with van der Waals surface area (Å²) in [5.41, 5.74) is 3.28. The fraction of sp³-hybridized carbons (Fsp3) is 0.562. The number of piperidine rings is 1. The average molecular weight is 260 g/mol. The molecule has 1 heterocycles. The van der Waals surface area contributed by atoms with E-state index in [0.717, 1.165) is 30.6 Å². The summed E-state index contributed by atoms with van der Waals surface area (Å²) in [6, 6.07) is 5.91. The molecule has 1 aliphatic heterocycles. The molecule has 0 radical (unpaired) electrons. The number of rotatable bonds is 2. The molecule has 1 fully saturated rings. The number of hydrogen-bond acceptors (Lipinski definition) is 2. The number of anilines is 1. The van der Waals surface area contributed by atoms with E-state index in [4.69, 9.17) is 0 Å². The first-order valence-corrected chi connectivity index (χ1v) is 7.02. The van der Waals surface area contributed by atoms with Crippen LogP contribution in [0.4, 0.5) is 5.69 Å². The van der Waals surface area contributed by atoms with Crippen LogP contribution in [-0.2, 0) is 4.79 Å². The molecule has 2 rings (SSSR count). The van der Waals surface area contributed by atoms with Crippen LogP contribution >= 0.6 is 0 Å². The Morgan fingerprint density at radius 3 is 2.79 bits per heavy atom. The molecule has 1 aromatic carbocycles. The number of benzene rings is 1. The van der Waals surface area contributed by atoms with Crippen LogP contribution in [0.1, 0.15) is 37.8 Å². The van der Waals surface area contributed by atoms with Crippen molar-refractivity contribution >= 4 is 11.6 Å². The Labute approximate surface area is 115 Å². The Morgan fingerprint density at radius 2 is 2.11 bits per heavy atom. The number of hydrogen-bond donors (Lipinski definition) is 2. The number of aryl methyl sites for hydroxylation is 1. The van der Waals surface area contributed by atoms with Gasteiger partial charge >= 0.3 is 0 Å². The van der Waals surface area contributed by atoms with Gasteiger partial charge in [0, 0.05) is 5.69 Å². The second kappa shape index (κ2) is 5.33. The van der Waals surface area contributed by atoms with Crippen molar-refractivity contribution in [1.29, 1.82) is 0 Å². The summed E-state index contributed by atoms with van der Waals surface area (Å²) < 4.78 is 0. The van der Waals surface area contributed by atoms with Crippen LogP contribution in [0.25, 0.3) is 0 Å². The molecule has 3 nitrogen and oxygen atoms in total. The monoisotopic (exact) mass is 260 g/mol. The first kappa shape index (κ1) is 14.1. The molecule has 19 heavy (non-hydrogen) atoms. The van der Waals surface area contributed by atoms with E-state index >= 15 is 0 Å². The number of carbonyl (C=O) groups is 1. The minimum absolute atomic E-state index is 0.0140. The van der Waals surface area contributed by atoms with Crippen LogP contribution in [0.3, 0.4) is 0 Å². The van der Waals surface area contributed by atoms with E-state index < -0.39 is 0 Å². The molecule has 2 N–H and O–H groups in total. The lowest BCUT2D eigenvalue weighted by Crippen LogP contribution is -2.53. The largest absolute Gasteiger partial charge is 0.324 e. The van der Waals surface area contributed by atoms with Gasteiger partial charge in [-0.05, 0) is 55.8 Å². The summed E-state index contributed by atoms with van der Waals surface area (Å²) >= 11 is 0. The minimum atomic E-state index is -0.110. The highest BCUT2D eigenvalue weighted by Gasteiger charge is 2.37. The maximum atomic E-state index is 12.5. The van der Waals surface area contributed by atoms with Crippen LogP contribution in [0, 0.1) is 19.3 Å². The molecule has 0 spiro atoms. The third kappa shape index (κ3) is 2.98. The van der Waals surface area contributed by atoms with E-state index in [0.29, 0.717) is 0 Å². The highest BCUT2D eigenvalue weighted by molar-refractivity contribution is 5.96. The van der Waals surface area contributed by atoms with E-state index in [9.17, 15) is 4.79 Å². The molecule has 104 valence electrons. The van der Waals surface area contributed by atoms with E-state index in [1.807, 2.05) is 19.1 Å². The van der Waals surface area contributed by atoms with Crippen LogP contribution in [0.5, 0.6) is 0 Å². The van der Waals surface area contributed by atoms with Crippen molar-refractivity contribution in [3.8, 4) is 0 Å². The SMILES string of the molecule is Cc1cccc(NC(=O)C2NCCCC2(C)C)c1C. The van der Waals surface area contributed by atoms with Gasteiger partial charge in [0.25, 0.3) is 0 Å². The summed E-state index contributed by atoms with van der Waals surface area (Å²) in [5, 5.41) is 6.43. The van der Waals surface area contributed by atoms with Crippen molar-refractivity contribution in [3.05, 3.63) is 29.3 Å². The molecule has 0 bridgehead atoms. The lowest BCUT2D eigenvalue weighted by Gasteiger charge is -2.38. The van der Waals surface area contributed by atoms with Crippen LogP contribution in [0.2, 0.25) is 0 Å². The molecule has 0 aromatic heterocycles. The third-order valence-electron chi connectivity index (χ3n) is 4.25. The summed E-state index contributed by atoms with van der Waals surface area (Å²) in [6.07, 6.45) is 2.23. The number of amides is 1. The molecule has 1 unspecified atom stereocenters. The molecule has 0 aliphatic carbocycles. The third-order valence-corrected chi connectivity index (χ3v) is 4.25. The highest BCUT2D eigenvalue weighted by Crippen LogP contribution is 2.31. The highest BCUT2D eigenvalue weighted by atomic mass is 16.2.